The Kier molecular flexibility index (Phi) is 18.7. The molecule has 0 atom stereocenters. The van der Waals surface area contributed by atoms with Gasteiger partial charge in [0.15, 0.2) is 0 Å². The van der Waals surface area contributed by atoms with Crippen LogP contribution in [0, 0.1) is 0 Å². The molecule has 14 aromatic rings. The van der Waals surface area contributed by atoms with Gasteiger partial charge in [-0.1, -0.05) is 262 Å². The maximum atomic E-state index is 8.41. The van der Waals surface area contributed by atoms with Gasteiger partial charge in [0.05, 0.1) is 0 Å². The molecule has 102 heavy (non-hydrogen) atoms. The molecule has 0 bridgehead atoms. The summed E-state index contributed by atoms with van der Waals surface area (Å²) < 4.78 is 8.41. The van der Waals surface area contributed by atoms with Crippen LogP contribution in [0.25, 0.3) is 0 Å². The number of nitrogens with zero attached hydrogens (tertiary/aromatic N) is 4. The van der Waals surface area contributed by atoms with Crippen LogP contribution in [0.3, 0.4) is 0 Å². The lowest BCUT2D eigenvalue weighted by atomic mass is 9.72. The first-order chi connectivity index (χ1) is 49.6. The third kappa shape index (κ3) is 13.6. The van der Waals surface area contributed by atoms with Gasteiger partial charge in [0.1, 0.15) is 11.5 Å². The van der Waals surface area contributed by atoms with E-state index in [0.29, 0.717) is 0 Å². The smallest absolute Gasteiger partial charge is 0.139 e. The molecule has 0 unspecified atom stereocenters. The summed E-state index contributed by atoms with van der Waals surface area (Å²) in [5, 5.41) is 7.13. The molecule has 0 aromatic heterocycles. The van der Waals surface area contributed by atoms with E-state index >= 15 is 0 Å². The Labute approximate surface area is 605 Å². The van der Waals surface area contributed by atoms with Gasteiger partial charge in [-0.15, -0.1) is 0 Å². The van der Waals surface area contributed by atoms with Crippen molar-refractivity contribution in [2.24, 2.45) is 0 Å². The van der Waals surface area contributed by atoms with Crippen LogP contribution in [-0.2, 0) is 16.2 Å². The average Bonchev–Trinajstić information content (AvgIpc) is 0.710. The zero-order valence-corrected chi connectivity index (χ0v) is 61.0. The van der Waals surface area contributed by atoms with Crippen LogP contribution in [0.5, 0.6) is 11.5 Å². The standard InChI is InChI=1S/C95H84N4OP2/c1-93(2,3)69-61-87-91(89(63-69)101(83-57-33-53-79(65-83)96(71-37-17-9-18-38-71)72-39-19-10-20-40-72)84-58-34-54-80(66-84)97(73-41-21-11-22-42-73)74-43-23-12-24-44-74)100-92-88(95(87,7)8)62-70(94(4,5)6)64-90(92)102(85-59-35-55-81(67-85)98(75-45-25-13-26-46-75)76-47-27-14-28-48-76)86-60-36-56-82(68-86)99(77-49-29-15-30-50-77)78-51-31-16-32-52-78/h9-68H,1-8H3. The molecule has 14 aromatic carbocycles. The molecular formula is C95H84N4OP2. The van der Waals surface area contributed by atoms with Gasteiger partial charge in [0.25, 0.3) is 0 Å². The molecule has 0 saturated heterocycles. The fraction of sp³-hybridized carbons (Fsp3) is 0.116. The SMILES string of the molecule is CC(C)(C)c1cc(P(c2cccc(N(c3ccccc3)c3ccccc3)c2)c2cccc(N(c3ccccc3)c3ccccc3)c2)c2c(c1)C(C)(C)c1cc(C(C)(C)C)cc(P(c3cccc(N(c4ccccc4)c4ccccc4)c3)c3cccc(N(c4ccccc4)c4ccccc4)c3)c1O2. The van der Waals surface area contributed by atoms with E-state index in [9.17, 15) is 0 Å². The topological polar surface area (TPSA) is 22.2 Å². The zero-order valence-electron chi connectivity index (χ0n) is 59.2. The molecule has 0 spiro atoms. The van der Waals surface area contributed by atoms with Crippen LogP contribution in [0.4, 0.5) is 68.2 Å². The van der Waals surface area contributed by atoms with Gasteiger partial charge in [-0.3, -0.25) is 0 Å². The van der Waals surface area contributed by atoms with Crippen molar-refractivity contribution in [2.45, 2.75) is 71.6 Å². The Hall–Kier alpha value is -11.1. The minimum atomic E-state index is -1.45. The molecule has 0 fully saturated rings. The first-order valence-corrected chi connectivity index (χ1v) is 38.0. The number of fused-ring (bicyclic) bond motifs is 2. The van der Waals surface area contributed by atoms with Crippen molar-refractivity contribution >= 4 is 116 Å². The Morgan fingerprint density at radius 1 is 0.235 bits per heavy atom. The molecule has 1 aliphatic rings. The number of ether oxygens (including phenoxy) is 1. The molecule has 0 amide bonds. The van der Waals surface area contributed by atoms with Crippen molar-refractivity contribution < 1.29 is 4.74 Å². The second kappa shape index (κ2) is 28.5. The zero-order chi connectivity index (χ0) is 70.0. The predicted molar refractivity (Wildman–Crippen MR) is 439 cm³/mol. The van der Waals surface area contributed by atoms with Gasteiger partial charge in [0.2, 0.25) is 0 Å². The van der Waals surface area contributed by atoms with E-state index in [2.05, 4.69) is 439 Å². The van der Waals surface area contributed by atoms with Crippen LogP contribution in [-0.4, -0.2) is 0 Å². The molecule has 7 heteroatoms. The lowest BCUT2D eigenvalue weighted by molar-refractivity contribution is 0.421. The fourth-order valence-corrected chi connectivity index (χ4v) is 19.1. The van der Waals surface area contributed by atoms with Crippen LogP contribution in [0.15, 0.2) is 364 Å². The second-order valence-corrected chi connectivity index (χ2v) is 33.1. The normalized spacial score (nSPS) is 12.5. The Morgan fingerprint density at radius 2 is 0.431 bits per heavy atom. The summed E-state index contributed by atoms with van der Waals surface area (Å²) >= 11 is 0. The van der Waals surface area contributed by atoms with E-state index in [1.807, 2.05) is 0 Å². The lowest BCUT2D eigenvalue weighted by Crippen LogP contribution is -2.35. The van der Waals surface area contributed by atoms with Gasteiger partial charge in [-0.05, 0) is 217 Å². The molecule has 1 aliphatic heterocycles. The highest BCUT2D eigenvalue weighted by Crippen LogP contribution is 2.56. The minimum absolute atomic E-state index is 0.247. The molecule has 0 N–H and O–H groups in total. The summed E-state index contributed by atoms with van der Waals surface area (Å²) in [6.07, 6.45) is 0. The van der Waals surface area contributed by atoms with E-state index in [1.54, 1.807) is 0 Å². The van der Waals surface area contributed by atoms with Crippen molar-refractivity contribution in [1.29, 1.82) is 0 Å². The van der Waals surface area contributed by atoms with Crippen LogP contribution in [0.2, 0.25) is 0 Å². The van der Waals surface area contributed by atoms with Crippen molar-refractivity contribution in [1.82, 2.24) is 0 Å². The number of benzene rings is 14. The van der Waals surface area contributed by atoms with Gasteiger partial charge >= 0.3 is 0 Å². The number of rotatable bonds is 18. The van der Waals surface area contributed by atoms with E-state index in [-0.39, 0.29) is 10.8 Å². The van der Waals surface area contributed by atoms with Gasteiger partial charge in [-0.25, -0.2) is 0 Å². The summed E-state index contributed by atoms with van der Waals surface area (Å²) in [7, 11) is -2.89. The summed E-state index contributed by atoms with van der Waals surface area (Å²) in [5.41, 5.74) is 16.7. The average molecular weight is 1360 g/mol. The first kappa shape index (κ1) is 66.8. The molecule has 0 aliphatic carbocycles. The van der Waals surface area contributed by atoms with Crippen molar-refractivity contribution in [2.75, 3.05) is 19.6 Å². The lowest BCUT2D eigenvalue weighted by Gasteiger charge is -2.41. The number of anilines is 12. The molecular weight excluding hydrogens is 1280 g/mol. The monoisotopic (exact) mass is 1360 g/mol. The van der Waals surface area contributed by atoms with Gasteiger partial charge in [-0.2, -0.15) is 0 Å². The maximum absolute atomic E-state index is 8.41. The third-order valence-electron chi connectivity index (χ3n) is 19.4. The predicted octanol–water partition coefficient (Wildman–Crippen LogP) is 24.1. The Bertz CT molecular complexity index is 4470. The number of hydrogen-bond acceptors (Lipinski definition) is 5. The quantitative estimate of drug-likeness (QED) is 0.0797. The van der Waals surface area contributed by atoms with Crippen LogP contribution < -0.4 is 56.2 Å². The summed E-state index contributed by atoms with van der Waals surface area (Å²) in [4.78, 5) is 9.56. The molecule has 0 radical (unpaired) electrons. The van der Waals surface area contributed by atoms with Crippen molar-refractivity contribution in [3.8, 4) is 11.5 Å². The van der Waals surface area contributed by atoms with Gasteiger partial charge < -0.3 is 24.3 Å². The largest absolute Gasteiger partial charge is 0.455 e. The van der Waals surface area contributed by atoms with Crippen LogP contribution in [0.1, 0.15) is 77.6 Å². The van der Waals surface area contributed by atoms with Crippen LogP contribution >= 0.6 is 15.8 Å². The molecule has 5 nitrogen and oxygen atoms in total. The summed E-state index contributed by atoms with van der Waals surface area (Å²) in [6.45, 7) is 19.1. The summed E-state index contributed by atoms with van der Waals surface area (Å²) in [5.74, 6) is 1.82. The van der Waals surface area contributed by atoms with Crippen molar-refractivity contribution in [3.05, 3.63) is 386 Å². The Balaban J connectivity index is 1.00. The van der Waals surface area contributed by atoms with E-state index in [0.717, 1.165) is 79.7 Å². The van der Waals surface area contributed by atoms with E-state index in [1.165, 1.54) is 54.1 Å². The molecule has 0 saturated carbocycles. The highest BCUT2D eigenvalue weighted by molar-refractivity contribution is 7.80. The minimum Gasteiger partial charge on any atom is -0.455 e. The first-order valence-electron chi connectivity index (χ1n) is 35.3. The molecule has 1 heterocycles. The highest BCUT2D eigenvalue weighted by atomic mass is 31.1. The summed E-state index contributed by atoms with van der Waals surface area (Å²) in [6, 6.07) is 134. The Morgan fingerprint density at radius 3 is 0.627 bits per heavy atom. The van der Waals surface area contributed by atoms with Gasteiger partial charge in [0, 0.05) is 95.4 Å². The number of hydrogen-bond donors (Lipinski definition) is 0. The third-order valence-corrected chi connectivity index (χ3v) is 24.2. The fourth-order valence-electron chi connectivity index (χ4n) is 14.2. The second-order valence-electron chi connectivity index (χ2n) is 28.7. The molecule has 500 valence electrons. The highest BCUT2D eigenvalue weighted by Gasteiger charge is 2.42. The number of para-hydroxylation sites is 8. The van der Waals surface area contributed by atoms with E-state index < -0.39 is 21.3 Å². The maximum Gasteiger partial charge on any atom is 0.139 e. The van der Waals surface area contributed by atoms with Crippen molar-refractivity contribution in [3.63, 3.8) is 0 Å². The van der Waals surface area contributed by atoms with E-state index in [4.69, 9.17) is 4.74 Å². The molecule has 15 rings (SSSR count).